The smallest absolute Gasteiger partial charge is 0.161 e. The van der Waals surface area contributed by atoms with Crippen molar-refractivity contribution in [1.82, 2.24) is 9.97 Å². The summed E-state index contributed by atoms with van der Waals surface area (Å²) in [6, 6.07) is 1.94. The molecule has 0 spiro atoms. The number of aromatic nitrogens is 2. The molecule has 0 amide bonds. The SMILES string of the molecule is Cc1ccoc1CSc1nccnc1Cl. The Bertz CT molecular complexity index is 458. The Hall–Kier alpha value is -1.00. The van der Waals surface area contributed by atoms with Gasteiger partial charge in [0, 0.05) is 12.4 Å². The molecule has 0 radical (unpaired) electrons. The second-order valence-corrected chi connectivity index (χ2v) is 4.29. The van der Waals surface area contributed by atoms with E-state index in [2.05, 4.69) is 9.97 Å². The fraction of sp³-hybridized carbons (Fsp3) is 0.200. The highest BCUT2D eigenvalue weighted by Crippen LogP contribution is 2.26. The Balaban J connectivity index is 2.06. The van der Waals surface area contributed by atoms with Crippen molar-refractivity contribution in [2.24, 2.45) is 0 Å². The lowest BCUT2D eigenvalue weighted by Crippen LogP contribution is -1.86. The average Bonchev–Trinajstić information content (AvgIpc) is 2.63. The number of hydrogen-bond acceptors (Lipinski definition) is 4. The van der Waals surface area contributed by atoms with E-state index in [4.69, 9.17) is 16.0 Å². The van der Waals surface area contributed by atoms with E-state index in [1.165, 1.54) is 11.8 Å². The Morgan fingerprint density at radius 1 is 1.40 bits per heavy atom. The Morgan fingerprint density at radius 2 is 2.20 bits per heavy atom. The maximum absolute atomic E-state index is 5.88. The molecule has 0 saturated heterocycles. The number of hydrogen-bond donors (Lipinski definition) is 0. The molecule has 0 fully saturated rings. The van der Waals surface area contributed by atoms with Crippen molar-refractivity contribution in [1.29, 1.82) is 0 Å². The van der Waals surface area contributed by atoms with Crippen LogP contribution in [0.15, 0.2) is 34.2 Å². The van der Waals surface area contributed by atoms with Crippen molar-refractivity contribution in [3.05, 3.63) is 41.2 Å². The van der Waals surface area contributed by atoms with Crippen molar-refractivity contribution < 1.29 is 4.42 Å². The summed E-state index contributed by atoms with van der Waals surface area (Å²) in [6.45, 7) is 2.01. The first kappa shape index (κ1) is 10.5. The molecule has 78 valence electrons. The zero-order valence-electron chi connectivity index (χ0n) is 8.11. The molecule has 0 N–H and O–H groups in total. The lowest BCUT2D eigenvalue weighted by atomic mass is 10.3. The van der Waals surface area contributed by atoms with Gasteiger partial charge >= 0.3 is 0 Å². The Labute approximate surface area is 96.9 Å². The molecule has 0 aliphatic heterocycles. The minimum absolute atomic E-state index is 0.437. The van der Waals surface area contributed by atoms with Gasteiger partial charge in [-0.15, -0.1) is 0 Å². The quantitative estimate of drug-likeness (QED) is 0.772. The zero-order valence-corrected chi connectivity index (χ0v) is 9.68. The van der Waals surface area contributed by atoms with Crippen molar-refractivity contribution >= 4 is 23.4 Å². The van der Waals surface area contributed by atoms with Gasteiger partial charge in [-0.25, -0.2) is 9.97 Å². The standard InChI is InChI=1S/C10H9ClN2OS/c1-7-2-5-14-8(7)6-15-10-9(11)12-3-4-13-10/h2-5H,6H2,1H3. The van der Waals surface area contributed by atoms with Crippen molar-refractivity contribution in [3.8, 4) is 0 Å². The van der Waals surface area contributed by atoms with Gasteiger partial charge in [0.15, 0.2) is 5.15 Å². The number of nitrogens with zero attached hydrogens (tertiary/aromatic N) is 2. The Morgan fingerprint density at radius 3 is 2.87 bits per heavy atom. The normalized spacial score (nSPS) is 10.5. The van der Waals surface area contributed by atoms with Crippen LogP contribution in [0.4, 0.5) is 0 Å². The number of halogens is 1. The van der Waals surface area contributed by atoms with Crippen LogP contribution in [0.5, 0.6) is 0 Å². The maximum Gasteiger partial charge on any atom is 0.161 e. The molecule has 0 unspecified atom stereocenters. The average molecular weight is 241 g/mol. The number of aryl methyl sites for hydroxylation is 1. The molecule has 0 aliphatic rings. The molecular formula is C10H9ClN2OS. The number of furan rings is 1. The van der Waals surface area contributed by atoms with E-state index in [9.17, 15) is 0 Å². The van der Waals surface area contributed by atoms with E-state index in [1.54, 1.807) is 18.7 Å². The van der Waals surface area contributed by atoms with Crippen molar-refractivity contribution in [2.75, 3.05) is 0 Å². The van der Waals surface area contributed by atoms with E-state index in [-0.39, 0.29) is 0 Å². The molecule has 2 aromatic heterocycles. The predicted molar refractivity (Wildman–Crippen MR) is 60.0 cm³/mol. The highest BCUT2D eigenvalue weighted by molar-refractivity contribution is 7.98. The van der Waals surface area contributed by atoms with Gasteiger partial charge in [-0.1, -0.05) is 23.4 Å². The van der Waals surface area contributed by atoms with Gasteiger partial charge in [0.25, 0.3) is 0 Å². The van der Waals surface area contributed by atoms with Gasteiger partial charge in [-0.05, 0) is 18.6 Å². The topological polar surface area (TPSA) is 38.9 Å². The van der Waals surface area contributed by atoms with E-state index >= 15 is 0 Å². The van der Waals surface area contributed by atoms with Crippen LogP contribution in [-0.2, 0) is 5.75 Å². The molecular weight excluding hydrogens is 232 g/mol. The summed E-state index contributed by atoms with van der Waals surface area (Å²) < 4.78 is 5.31. The summed E-state index contributed by atoms with van der Waals surface area (Å²) in [5, 5.41) is 1.17. The van der Waals surface area contributed by atoms with Crippen LogP contribution in [0.2, 0.25) is 5.15 Å². The molecule has 2 heterocycles. The molecule has 0 aliphatic carbocycles. The molecule has 0 atom stereocenters. The van der Waals surface area contributed by atoms with Gasteiger partial charge in [0.1, 0.15) is 10.8 Å². The second kappa shape index (κ2) is 4.68. The van der Waals surface area contributed by atoms with Crippen LogP contribution < -0.4 is 0 Å². The lowest BCUT2D eigenvalue weighted by molar-refractivity contribution is 0.528. The van der Waals surface area contributed by atoms with Crippen molar-refractivity contribution in [3.63, 3.8) is 0 Å². The van der Waals surface area contributed by atoms with Crippen molar-refractivity contribution in [2.45, 2.75) is 17.7 Å². The fourth-order valence-corrected chi connectivity index (χ4v) is 2.23. The van der Waals surface area contributed by atoms with E-state index in [0.717, 1.165) is 22.1 Å². The first-order chi connectivity index (χ1) is 7.27. The minimum atomic E-state index is 0.437. The summed E-state index contributed by atoms with van der Waals surface area (Å²) in [6.07, 6.45) is 4.89. The summed E-state index contributed by atoms with van der Waals surface area (Å²) in [5.41, 5.74) is 1.14. The van der Waals surface area contributed by atoms with Gasteiger partial charge in [-0.3, -0.25) is 0 Å². The molecule has 0 bridgehead atoms. The Kier molecular flexibility index (Phi) is 3.28. The second-order valence-electron chi connectivity index (χ2n) is 2.97. The first-order valence-corrected chi connectivity index (χ1v) is 5.76. The third-order valence-corrected chi connectivity index (χ3v) is 3.30. The highest BCUT2D eigenvalue weighted by atomic mass is 35.5. The van der Waals surface area contributed by atoms with Gasteiger partial charge in [-0.2, -0.15) is 0 Å². The van der Waals surface area contributed by atoms with Crippen LogP contribution in [0.25, 0.3) is 0 Å². The minimum Gasteiger partial charge on any atom is -0.468 e. The summed E-state index contributed by atoms with van der Waals surface area (Å²) in [4.78, 5) is 8.09. The largest absolute Gasteiger partial charge is 0.468 e. The maximum atomic E-state index is 5.88. The monoisotopic (exact) mass is 240 g/mol. The number of rotatable bonds is 3. The van der Waals surface area contributed by atoms with E-state index < -0.39 is 0 Å². The highest BCUT2D eigenvalue weighted by Gasteiger charge is 2.06. The van der Waals surface area contributed by atoms with Crippen LogP contribution in [0, 0.1) is 6.92 Å². The molecule has 2 rings (SSSR count). The molecule has 3 nitrogen and oxygen atoms in total. The fourth-order valence-electron chi connectivity index (χ4n) is 1.09. The summed E-state index contributed by atoms with van der Waals surface area (Å²) in [5.74, 6) is 1.67. The number of thioether (sulfide) groups is 1. The van der Waals surface area contributed by atoms with Gasteiger partial charge in [0.2, 0.25) is 0 Å². The third kappa shape index (κ3) is 2.52. The molecule has 15 heavy (non-hydrogen) atoms. The van der Waals surface area contributed by atoms with Crippen LogP contribution in [-0.4, -0.2) is 9.97 Å². The molecule has 0 saturated carbocycles. The van der Waals surface area contributed by atoms with Gasteiger partial charge < -0.3 is 4.42 Å². The lowest BCUT2D eigenvalue weighted by Gasteiger charge is -2.00. The van der Waals surface area contributed by atoms with Gasteiger partial charge in [0.05, 0.1) is 12.0 Å². The third-order valence-electron chi connectivity index (χ3n) is 1.93. The molecule has 5 heteroatoms. The van der Waals surface area contributed by atoms with Crippen LogP contribution >= 0.6 is 23.4 Å². The van der Waals surface area contributed by atoms with Crippen LogP contribution in [0.3, 0.4) is 0 Å². The summed E-state index contributed by atoms with van der Waals surface area (Å²) >= 11 is 7.40. The zero-order chi connectivity index (χ0) is 10.7. The molecule has 0 aromatic carbocycles. The summed E-state index contributed by atoms with van der Waals surface area (Å²) in [7, 11) is 0. The van der Waals surface area contributed by atoms with E-state index in [1.807, 2.05) is 13.0 Å². The van der Waals surface area contributed by atoms with Crippen LogP contribution in [0.1, 0.15) is 11.3 Å². The molecule has 2 aromatic rings. The first-order valence-electron chi connectivity index (χ1n) is 4.39. The predicted octanol–water partition coefficient (Wildman–Crippen LogP) is 3.32. The van der Waals surface area contributed by atoms with E-state index in [0.29, 0.717) is 5.15 Å².